The first kappa shape index (κ1) is 9.34. The van der Waals surface area contributed by atoms with Crippen LogP contribution in [0.5, 0.6) is 0 Å². The minimum atomic E-state index is 0.810. The number of rotatable bonds is 1. The third-order valence-corrected chi connectivity index (χ3v) is 3.21. The van der Waals surface area contributed by atoms with Gasteiger partial charge < -0.3 is 0 Å². The average Bonchev–Trinajstić information content (AvgIpc) is 2.37. The van der Waals surface area contributed by atoms with Crippen LogP contribution < -0.4 is 0 Å². The van der Waals surface area contributed by atoms with Crippen LogP contribution in [-0.2, 0) is 6.42 Å². The molecule has 1 heteroatoms. The molecule has 3 rings (SSSR count). The Labute approximate surface area is 94.4 Å². The summed E-state index contributed by atoms with van der Waals surface area (Å²) in [6, 6.07) is 10.1. The lowest BCUT2D eigenvalue weighted by atomic mass is 9.90. The van der Waals surface area contributed by atoms with Crippen LogP contribution in [0, 0.1) is 0 Å². The fourth-order valence-corrected chi connectivity index (χ4v) is 2.46. The van der Waals surface area contributed by atoms with Crippen molar-refractivity contribution >= 4 is 23.1 Å². The van der Waals surface area contributed by atoms with Gasteiger partial charge in [0, 0.05) is 5.56 Å². The molecule has 0 fully saturated rings. The average molecular weight is 208 g/mol. The van der Waals surface area contributed by atoms with Crippen molar-refractivity contribution in [2.45, 2.75) is 12.8 Å². The predicted octanol–water partition coefficient (Wildman–Crippen LogP) is 3.61. The normalized spacial score (nSPS) is 13.8. The van der Waals surface area contributed by atoms with Crippen molar-refractivity contribution < 1.29 is 4.79 Å². The number of carbonyl (C=O) groups excluding carboxylic acids is 1. The standard InChI is InChI=1S/C15H12O/c16-10-13-6-3-5-12-9-8-11-4-1-2-7-14(11)15(12)13/h1,3-6,8-10H,2,7H2. The van der Waals surface area contributed by atoms with Crippen LogP contribution in [-0.4, -0.2) is 6.29 Å². The maximum absolute atomic E-state index is 11.1. The van der Waals surface area contributed by atoms with Crippen LogP contribution in [0.25, 0.3) is 16.8 Å². The topological polar surface area (TPSA) is 17.1 Å². The van der Waals surface area contributed by atoms with Gasteiger partial charge in [-0.15, -0.1) is 0 Å². The Bertz CT molecular complexity index is 594. The monoisotopic (exact) mass is 208 g/mol. The number of allylic oxidation sites excluding steroid dienone is 1. The molecule has 1 nitrogen and oxygen atoms in total. The van der Waals surface area contributed by atoms with Gasteiger partial charge in [-0.2, -0.15) is 0 Å². The van der Waals surface area contributed by atoms with E-state index in [4.69, 9.17) is 0 Å². The summed E-state index contributed by atoms with van der Waals surface area (Å²) in [7, 11) is 0. The lowest BCUT2D eigenvalue weighted by Crippen LogP contribution is -1.97. The van der Waals surface area contributed by atoms with Crippen LogP contribution in [0.2, 0.25) is 0 Å². The van der Waals surface area contributed by atoms with E-state index in [9.17, 15) is 4.79 Å². The Kier molecular flexibility index (Phi) is 2.10. The van der Waals surface area contributed by atoms with Crippen LogP contribution in [0.4, 0.5) is 0 Å². The molecular formula is C15H12O. The molecule has 0 N–H and O–H groups in total. The van der Waals surface area contributed by atoms with Crippen LogP contribution in [0.15, 0.2) is 36.4 Å². The van der Waals surface area contributed by atoms with E-state index < -0.39 is 0 Å². The zero-order valence-corrected chi connectivity index (χ0v) is 8.94. The van der Waals surface area contributed by atoms with E-state index in [0.29, 0.717) is 0 Å². The third kappa shape index (κ3) is 1.28. The number of hydrogen-bond donors (Lipinski definition) is 0. The van der Waals surface area contributed by atoms with E-state index >= 15 is 0 Å². The molecule has 0 amide bonds. The zero-order valence-electron chi connectivity index (χ0n) is 8.94. The number of benzene rings is 2. The first-order valence-corrected chi connectivity index (χ1v) is 5.56. The Hall–Kier alpha value is -1.89. The second-order valence-electron chi connectivity index (χ2n) is 4.14. The summed E-state index contributed by atoms with van der Waals surface area (Å²) in [5.74, 6) is 0. The summed E-state index contributed by atoms with van der Waals surface area (Å²) in [5, 5.41) is 2.30. The lowest BCUT2D eigenvalue weighted by Gasteiger charge is -2.14. The Morgan fingerprint density at radius 3 is 2.94 bits per heavy atom. The first-order chi connectivity index (χ1) is 7.90. The molecule has 0 unspecified atom stereocenters. The first-order valence-electron chi connectivity index (χ1n) is 5.56. The summed E-state index contributed by atoms with van der Waals surface area (Å²) in [6.07, 6.45) is 7.41. The SMILES string of the molecule is O=Cc1cccc2ccc3c(c12)CCC=C3. The van der Waals surface area contributed by atoms with Gasteiger partial charge in [-0.1, -0.05) is 42.5 Å². The highest BCUT2D eigenvalue weighted by molar-refractivity contribution is 6.01. The van der Waals surface area contributed by atoms with Crippen molar-refractivity contribution in [1.29, 1.82) is 0 Å². The van der Waals surface area contributed by atoms with E-state index in [1.165, 1.54) is 16.5 Å². The molecule has 0 saturated heterocycles. The summed E-state index contributed by atoms with van der Waals surface area (Å²) in [4.78, 5) is 11.1. The van der Waals surface area contributed by atoms with Crippen molar-refractivity contribution in [3.05, 3.63) is 53.1 Å². The van der Waals surface area contributed by atoms with Gasteiger partial charge in [0.2, 0.25) is 0 Å². The number of aldehydes is 1. The van der Waals surface area contributed by atoms with E-state index in [1.54, 1.807) is 0 Å². The summed E-state index contributed by atoms with van der Waals surface area (Å²) in [6.45, 7) is 0. The lowest BCUT2D eigenvalue weighted by molar-refractivity contribution is 0.112. The fourth-order valence-electron chi connectivity index (χ4n) is 2.46. The number of fused-ring (bicyclic) bond motifs is 3. The van der Waals surface area contributed by atoms with E-state index in [1.807, 2.05) is 12.1 Å². The van der Waals surface area contributed by atoms with Gasteiger partial charge in [0.1, 0.15) is 0 Å². The minimum absolute atomic E-state index is 0.810. The molecule has 0 bridgehead atoms. The summed E-state index contributed by atoms with van der Waals surface area (Å²) < 4.78 is 0. The van der Waals surface area contributed by atoms with Gasteiger partial charge in [0.15, 0.2) is 6.29 Å². The maximum Gasteiger partial charge on any atom is 0.150 e. The molecule has 2 aromatic rings. The number of hydrogen-bond acceptors (Lipinski definition) is 1. The van der Waals surface area contributed by atoms with Gasteiger partial charge in [-0.3, -0.25) is 4.79 Å². The molecule has 1 aliphatic rings. The molecule has 0 saturated carbocycles. The van der Waals surface area contributed by atoms with E-state index in [2.05, 4.69) is 30.4 Å². The van der Waals surface area contributed by atoms with Crippen molar-refractivity contribution in [2.24, 2.45) is 0 Å². The Morgan fingerprint density at radius 2 is 2.06 bits per heavy atom. The number of carbonyl (C=O) groups is 1. The molecule has 0 heterocycles. The van der Waals surface area contributed by atoms with Crippen LogP contribution >= 0.6 is 0 Å². The third-order valence-electron chi connectivity index (χ3n) is 3.21. The second kappa shape index (κ2) is 3.60. The number of aryl methyl sites for hydroxylation is 1. The van der Waals surface area contributed by atoms with Gasteiger partial charge >= 0.3 is 0 Å². The van der Waals surface area contributed by atoms with Crippen molar-refractivity contribution in [3.8, 4) is 0 Å². The molecular weight excluding hydrogens is 196 g/mol. The fraction of sp³-hybridized carbons (Fsp3) is 0.133. The molecule has 0 radical (unpaired) electrons. The highest BCUT2D eigenvalue weighted by Crippen LogP contribution is 2.29. The van der Waals surface area contributed by atoms with Crippen LogP contribution in [0.3, 0.4) is 0 Å². The molecule has 0 aliphatic heterocycles. The van der Waals surface area contributed by atoms with Crippen molar-refractivity contribution in [2.75, 3.05) is 0 Å². The summed E-state index contributed by atoms with van der Waals surface area (Å²) in [5.41, 5.74) is 3.39. The van der Waals surface area contributed by atoms with Crippen LogP contribution in [0.1, 0.15) is 27.9 Å². The van der Waals surface area contributed by atoms with Gasteiger partial charge in [0.05, 0.1) is 0 Å². The zero-order chi connectivity index (χ0) is 11.0. The highest BCUT2D eigenvalue weighted by atomic mass is 16.1. The largest absolute Gasteiger partial charge is 0.298 e. The molecule has 16 heavy (non-hydrogen) atoms. The Morgan fingerprint density at radius 1 is 1.12 bits per heavy atom. The predicted molar refractivity (Wildman–Crippen MR) is 66.7 cm³/mol. The molecule has 78 valence electrons. The molecule has 1 aliphatic carbocycles. The maximum atomic E-state index is 11.1. The van der Waals surface area contributed by atoms with Crippen molar-refractivity contribution in [1.82, 2.24) is 0 Å². The highest BCUT2D eigenvalue weighted by Gasteiger charge is 2.11. The molecule has 0 atom stereocenters. The molecule has 2 aromatic carbocycles. The second-order valence-corrected chi connectivity index (χ2v) is 4.14. The van der Waals surface area contributed by atoms with Gasteiger partial charge in [-0.25, -0.2) is 0 Å². The van der Waals surface area contributed by atoms with Gasteiger partial charge in [-0.05, 0) is 34.7 Å². The Balaban J connectivity index is 2.45. The minimum Gasteiger partial charge on any atom is -0.298 e. The van der Waals surface area contributed by atoms with Crippen molar-refractivity contribution in [3.63, 3.8) is 0 Å². The van der Waals surface area contributed by atoms with Gasteiger partial charge in [0.25, 0.3) is 0 Å². The molecule has 0 aromatic heterocycles. The smallest absolute Gasteiger partial charge is 0.150 e. The van der Waals surface area contributed by atoms with E-state index in [0.717, 1.165) is 30.1 Å². The quantitative estimate of drug-likeness (QED) is 0.654. The van der Waals surface area contributed by atoms with E-state index in [-0.39, 0.29) is 0 Å². The molecule has 0 spiro atoms. The summed E-state index contributed by atoms with van der Waals surface area (Å²) >= 11 is 0.